The van der Waals surface area contributed by atoms with Crippen molar-refractivity contribution in [1.29, 1.82) is 0 Å². The summed E-state index contributed by atoms with van der Waals surface area (Å²) in [5.41, 5.74) is -2.04. The van der Waals surface area contributed by atoms with Crippen LogP contribution in [0.1, 0.15) is 12.8 Å². The van der Waals surface area contributed by atoms with Crippen molar-refractivity contribution in [2.75, 3.05) is 4.90 Å². The molecular formula is C12H10F3NO2. The van der Waals surface area contributed by atoms with Gasteiger partial charge in [0.15, 0.2) is 0 Å². The molecule has 0 bridgehead atoms. The molecule has 0 spiro atoms. The molecule has 0 aliphatic carbocycles. The number of benzene rings is 1. The van der Waals surface area contributed by atoms with Crippen molar-refractivity contribution in [3.8, 4) is 5.75 Å². The predicted octanol–water partition coefficient (Wildman–Crippen LogP) is 2.51. The van der Waals surface area contributed by atoms with Crippen LogP contribution in [0.4, 0.5) is 18.9 Å². The van der Waals surface area contributed by atoms with Gasteiger partial charge in [-0.3, -0.25) is 0 Å². The number of aldehydes is 1. The molecular weight excluding hydrogens is 247 g/mol. The van der Waals surface area contributed by atoms with E-state index in [0.717, 1.165) is 4.90 Å². The lowest BCUT2D eigenvalue weighted by Gasteiger charge is -2.35. The van der Waals surface area contributed by atoms with Crippen LogP contribution in [0.25, 0.3) is 0 Å². The molecule has 1 fully saturated rings. The van der Waals surface area contributed by atoms with E-state index in [2.05, 4.69) is 0 Å². The first-order valence-electron chi connectivity index (χ1n) is 5.59. The van der Waals surface area contributed by atoms with Crippen LogP contribution < -0.4 is 9.64 Å². The average Bonchev–Trinajstić information content (AvgIpc) is 2.82. The number of hydrogen-bond acceptors (Lipinski definition) is 3. The van der Waals surface area contributed by atoms with Crippen LogP contribution in [0.5, 0.6) is 5.75 Å². The lowest BCUT2D eigenvalue weighted by Crippen LogP contribution is -2.58. The van der Waals surface area contributed by atoms with Gasteiger partial charge < -0.3 is 14.4 Å². The fourth-order valence-corrected chi connectivity index (χ4v) is 2.72. The topological polar surface area (TPSA) is 29.5 Å². The molecule has 3 rings (SSSR count). The Hall–Kier alpha value is -1.72. The average molecular weight is 257 g/mol. The van der Waals surface area contributed by atoms with Crippen LogP contribution in [0, 0.1) is 0 Å². The smallest absolute Gasteiger partial charge is 0.448 e. The van der Waals surface area contributed by atoms with Crippen LogP contribution in [-0.2, 0) is 4.79 Å². The van der Waals surface area contributed by atoms with Gasteiger partial charge >= 0.3 is 6.18 Å². The highest BCUT2D eigenvalue weighted by Gasteiger charge is 2.68. The first-order chi connectivity index (χ1) is 8.49. The fraction of sp³-hybridized carbons (Fsp3) is 0.417. The van der Waals surface area contributed by atoms with E-state index in [-0.39, 0.29) is 18.6 Å². The van der Waals surface area contributed by atoms with E-state index < -0.39 is 17.9 Å². The molecule has 2 heterocycles. The second-order valence-electron chi connectivity index (χ2n) is 4.46. The molecule has 18 heavy (non-hydrogen) atoms. The van der Waals surface area contributed by atoms with Crippen molar-refractivity contribution in [3.63, 3.8) is 0 Å². The van der Waals surface area contributed by atoms with Gasteiger partial charge in [0.05, 0.1) is 11.7 Å². The van der Waals surface area contributed by atoms with Gasteiger partial charge in [0.1, 0.15) is 12.0 Å². The van der Waals surface area contributed by atoms with Crippen molar-refractivity contribution in [2.45, 2.75) is 30.8 Å². The summed E-state index contributed by atoms with van der Waals surface area (Å²) < 4.78 is 45.1. The van der Waals surface area contributed by atoms with E-state index in [1.165, 1.54) is 6.07 Å². The second-order valence-corrected chi connectivity index (χ2v) is 4.46. The molecule has 3 nitrogen and oxygen atoms in total. The molecule has 2 unspecified atom stereocenters. The molecule has 6 heteroatoms. The summed E-state index contributed by atoms with van der Waals surface area (Å²) in [6, 6.07) is 5.50. The zero-order valence-electron chi connectivity index (χ0n) is 9.28. The van der Waals surface area contributed by atoms with Gasteiger partial charge in [0, 0.05) is 6.42 Å². The van der Waals surface area contributed by atoms with Crippen molar-refractivity contribution >= 4 is 12.0 Å². The third-order valence-corrected chi connectivity index (χ3v) is 3.50. The van der Waals surface area contributed by atoms with Crippen LogP contribution >= 0.6 is 0 Å². The van der Waals surface area contributed by atoms with Crippen LogP contribution in [0.3, 0.4) is 0 Å². The summed E-state index contributed by atoms with van der Waals surface area (Å²) in [5.74, 6) is 0.182. The second kappa shape index (κ2) is 3.40. The molecule has 0 saturated carbocycles. The monoisotopic (exact) mass is 257 g/mol. The number of carbonyl (C=O) groups is 1. The molecule has 2 aliphatic rings. The standard InChI is InChI=1S/C12H10F3NO2/c13-12(14,15)11-6-5-8(7-17)16(11)9-3-1-2-4-10(9)18-11/h1-4,7-8H,5-6H2. The molecule has 96 valence electrons. The SMILES string of the molecule is O=CC1CCC2(C(F)(F)F)Oc3ccccc3N12. The number of halogens is 3. The molecule has 0 amide bonds. The molecule has 2 aliphatic heterocycles. The van der Waals surface area contributed by atoms with Crippen LogP contribution in [-0.4, -0.2) is 24.2 Å². The summed E-state index contributed by atoms with van der Waals surface area (Å²) in [6.07, 6.45) is -4.06. The maximum atomic E-state index is 13.3. The highest BCUT2D eigenvalue weighted by Crippen LogP contribution is 2.55. The molecule has 1 saturated heterocycles. The first kappa shape index (κ1) is 11.4. The van der Waals surface area contributed by atoms with E-state index in [4.69, 9.17) is 4.74 Å². The summed E-state index contributed by atoms with van der Waals surface area (Å²) in [4.78, 5) is 12.0. The fourth-order valence-electron chi connectivity index (χ4n) is 2.72. The maximum Gasteiger partial charge on any atom is 0.448 e. The molecule has 1 aromatic rings. The van der Waals surface area contributed by atoms with Crippen molar-refractivity contribution < 1.29 is 22.7 Å². The van der Waals surface area contributed by atoms with Crippen molar-refractivity contribution in [1.82, 2.24) is 0 Å². The van der Waals surface area contributed by atoms with Gasteiger partial charge in [-0.1, -0.05) is 12.1 Å². The van der Waals surface area contributed by atoms with Gasteiger partial charge in [-0.15, -0.1) is 0 Å². The maximum absolute atomic E-state index is 13.3. The highest BCUT2D eigenvalue weighted by atomic mass is 19.4. The largest absolute Gasteiger partial charge is 0.456 e. The number of alkyl halides is 3. The summed E-state index contributed by atoms with van der Waals surface area (Å²) >= 11 is 0. The van der Waals surface area contributed by atoms with Crippen molar-refractivity contribution in [3.05, 3.63) is 24.3 Å². The number of hydrogen-bond donors (Lipinski definition) is 0. The Morgan fingerprint density at radius 1 is 1.39 bits per heavy atom. The van der Waals surface area contributed by atoms with E-state index >= 15 is 0 Å². The summed E-state index contributed by atoms with van der Waals surface area (Å²) in [5, 5.41) is 0. The molecule has 1 aromatic carbocycles. The minimum atomic E-state index is -4.54. The number of rotatable bonds is 1. The quantitative estimate of drug-likeness (QED) is 0.724. The van der Waals surface area contributed by atoms with Gasteiger partial charge in [-0.25, -0.2) is 0 Å². The van der Waals surface area contributed by atoms with Gasteiger partial charge in [-0.2, -0.15) is 13.2 Å². The highest BCUT2D eigenvalue weighted by molar-refractivity contribution is 5.75. The van der Waals surface area contributed by atoms with Crippen LogP contribution in [0.15, 0.2) is 24.3 Å². The van der Waals surface area contributed by atoms with Gasteiger partial charge in [0.25, 0.3) is 5.72 Å². The summed E-state index contributed by atoms with van der Waals surface area (Å²) in [7, 11) is 0. The predicted molar refractivity (Wildman–Crippen MR) is 57.4 cm³/mol. The molecule has 0 radical (unpaired) electrons. The summed E-state index contributed by atoms with van der Waals surface area (Å²) in [6.45, 7) is 0. The minimum absolute atomic E-state index is 0.150. The van der Waals surface area contributed by atoms with Crippen LogP contribution in [0.2, 0.25) is 0 Å². The number of carbonyl (C=O) groups excluding carboxylic acids is 1. The lowest BCUT2D eigenvalue weighted by atomic mass is 10.1. The zero-order chi connectivity index (χ0) is 13.0. The minimum Gasteiger partial charge on any atom is -0.456 e. The number of para-hydroxylation sites is 2. The number of nitrogens with zero attached hydrogens (tertiary/aromatic N) is 1. The van der Waals surface area contributed by atoms with Gasteiger partial charge in [0.2, 0.25) is 0 Å². The number of fused-ring (bicyclic) bond motifs is 3. The van der Waals surface area contributed by atoms with Crippen molar-refractivity contribution in [2.24, 2.45) is 0 Å². The third-order valence-electron chi connectivity index (χ3n) is 3.50. The molecule has 0 aromatic heterocycles. The van der Waals surface area contributed by atoms with E-state index in [0.29, 0.717) is 12.0 Å². The van der Waals surface area contributed by atoms with E-state index in [1.54, 1.807) is 18.2 Å². The Balaban J connectivity index is 2.16. The molecule has 2 atom stereocenters. The number of ether oxygens (including phenoxy) is 1. The Kier molecular flexibility index (Phi) is 2.15. The zero-order valence-corrected chi connectivity index (χ0v) is 9.28. The Morgan fingerprint density at radius 2 is 2.11 bits per heavy atom. The molecule has 0 N–H and O–H groups in total. The Labute approximate surface area is 101 Å². The van der Waals surface area contributed by atoms with Gasteiger partial charge in [-0.05, 0) is 18.6 Å². The van der Waals surface area contributed by atoms with E-state index in [9.17, 15) is 18.0 Å². The Bertz CT molecular complexity index is 502. The lowest BCUT2D eigenvalue weighted by molar-refractivity contribution is -0.239. The van der Waals surface area contributed by atoms with E-state index in [1.807, 2.05) is 0 Å². The number of anilines is 1. The first-order valence-corrected chi connectivity index (χ1v) is 5.59. The third kappa shape index (κ3) is 1.23. The Morgan fingerprint density at radius 3 is 2.78 bits per heavy atom. The normalized spacial score (nSPS) is 29.7.